The van der Waals surface area contributed by atoms with E-state index in [2.05, 4.69) is 12.2 Å². The maximum atomic E-state index is 12.6. The van der Waals surface area contributed by atoms with E-state index in [0.29, 0.717) is 30.4 Å². The molecule has 0 amide bonds. The van der Waals surface area contributed by atoms with E-state index in [1.165, 1.54) is 0 Å². The summed E-state index contributed by atoms with van der Waals surface area (Å²) in [5.74, 6) is 0.678. The van der Waals surface area contributed by atoms with Crippen molar-refractivity contribution < 1.29 is 8.42 Å². The molecule has 0 bridgehead atoms. The lowest BCUT2D eigenvalue weighted by Crippen LogP contribution is -2.38. The summed E-state index contributed by atoms with van der Waals surface area (Å²) in [6, 6.07) is 7.23. The van der Waals surface area contributed by atoms with Crippen LogP contribution in [0.15, 0.2) is 29.2 Å². The van der Waals surface area contributed by atoms with Crippen LogP contribution in [0.2, 0.25) is 0 Å². The quantitative estimate of drug-likeness (QED) is 0.906. The van der Waals surface area contributed by atoms with Crippen molar-refractivity contribution in [2.24, 2.45) is 5.92 Å². The van der Waals surface area contributed by atoms with Crippen LogP contribution in [-0.4, -0.2) is 32.9 Å². The molecule has 0 aromatic heterocycles. The normalized spacial score (nSPS) is 18.3. The zero-order valence-electron chi connectivity index (χ0n) is 12.3. The molecule has 0 unspecified atom stereocenters. The predicted octanol–water partition coefficient (Wildman–Crippen LogP) is 2.22. The van der Waals surface area contributed by atoms with Gasteiger partial charge in [-0.15, -0.1) is 0 Å². The molecule has 112 valence electrons. The molecule has 0 atom stereocenters. The Labute approximate surface area is 122 Å². The maximum absolute atomic E-state index is 12.6. The Kier molecular flexibility index (Phi) is 5.18. The van der Waals surface area contributed by atoms with Crippen LogP contribution < -0.4 is 5.32 Å². The van der Waals surface area contributed by atoms with Gasteiger partial charge in [-0.25, -0.2) is 8.42 Å². The Morgan fingerprint density at radius 2 is 2.00 bits per heavy atom. The van der Waals surface area contributed by atoms with Gasteiger partial charge in [0.2, 0.25) is 10.0 Å². The summed E-state index contributed by atoms with van der Waals surface area (Å²) in [7, 11) is -1.47. The topological polar surface area (TPSA) is 49.4 Å². The van der Waals surface area contributed by atoms with Crippen molar-refractivity contribution in [1.29, 1.82) is 0 Å². The van der Waals surface area contributed by atoms with Crippen LogP contribution in [0, 0.1) is 5.92 Å². The van der Waals surface area contributed by atoms with Crippen LogP contribution in [0.1, 0.15) is 31.7 Å². The summed E-state index contributed by atoms with van der Waals surface area (Å²) in [6.07, 6.45) is 3.10. The van der Waals surface area contributed by atoms with Gasteiger partial charge in [0.1, 0.15) is 0 Å². The number of rotatable bonds is 5. The number of piperidine rings is 1. The average Bonchev–Trinajstić information content (AvgIpc) is 2.48. The molecule has 0 radical (unpaired) electrons. The van der Waals surface area contributed by atoms with Crippen molar-refractivity contribution in [3.8, 4) is 0 Å². The van der Waals surface area contributed by atoms with Crippen molar-refractivity contribution in [2.75, 3.05) is 20.1 Å². The zero-order chi connectivity index (χ0) is 14.6. The van der Waals surface area contributed by atoms with Crippen LogP contribution in [0.5, 0.6) is 0 Å². The minimum absolute atomic E-state index is 0.417. The number of benzene rings is 1. The smallest absolute Gasteiger partial charge is 0.243 e. The second-order valence-corrected chi connectivity index (χ2v) is 7.37. The first-order chi connectivity index (χ1) is 9.57. The molecule has 1 aliphatic heterocycles. The molecule has 0 aliphatic carbocycles. The molecule has 1 aromatic rings. The molecule has 0 spiro atoms. The van der Waals surface area contributed by atoms with Gasteiger partial charge in [-0.2, -0.15) is 4.31 Å². The third kappa shape index (κ3) is 3.40. The molecule has 0 saturated carbocycles. The summed E-state index contributed by atoms with van der Waals surface area (Å²) >= 11 is 0. The van der Waals surface area contributed by atoms with E-state index in [0.717, 1.165) is 24.8 Å². The number of hydrogen-bond acceptors (Lipinski definition) is 3. The summed E-state index contributed by atoms with van der Waals surface area (Å²) in [5, 5.41) is 3.05. The maximum Gasteiger partial charge on any atom is 0.243 e. The lowest BCUT2D eigenvalue weighted by Gasteiger charge is -2.30. The number of nitrogens with one attached hydrogen (secondary N) is 1. The van der Waals surface area contributed by atoms with Crippen molar-refractivity contribution >= 4 is 10.0 Å². The number of nitrogens with zero attached hydrogens (tertiary/aromatic N) is 1. The van der Waals surface area contributed by atoms with Gasteiger partial charge >= 0.3 is 0 Å². The van der Waals surface area contributed by atoms with Gasteiger partial charge in [0.25, 0.3) is 0 Å². The highest BCUT2D eigenvalue weighted by Crippen LogP contribution is 2.25. The van der Waals surface area contributed by atoms with Crippen molar-refractivity contribution in [3.05, 3.63) is 29.8 Å². The Morgan fingerprint density at radius 3 is 2.60 bits per heavy atom. The van der Waals surface area contributed by atoms with Crippen molar-refractivity contribution in [1.82, 2.24) is 9.62 Å². The molecule has 20 heavy (non-hydrogen) atoms. The van der Waals surface area contributed by atoms with Gasteiger partial charge in [-0.1, -0.05) is 25.5 Å². The molecule has 1 aliphatic rings. The molecule has 4 nitrogen and oxygen atoms in total. The molecule has 1 N–H and O–H groups in total. The summed E-state index contributed by atoms with van der Waals surface area (Å²) in [4.78, 5) is 0.417. The van der Waals surface area contributed by atoms with Crippen LogP contribution in [0.3, 0.4) is 0 Å². The van der Waals surface area contributed by atoms with E-state index in [1.807, 2.05) is 19.2 Å². The van der Waals surface area contributed by atoms with Gasteiger partial charge in [0.05, 0.1) is 4.90 Å². The Bertz CT molecular complexity index is 535. The fourth-order valence-corrected chi connectivity index (χ4v) is 4.27. The summed E-state index contributed by atoms with van der Waals surface area (Å²) < 4.78 is 26.9. The minimum Gasteiger partial charge on any atom is -0.316 e. The average molecular weight is 296 g/mol. The third-order valence-electron chi connectivity index (χ3n) is 4.07. The monoisotopic (exact) mass is 296 g/mol. The van der Waals surface area contributed by atoms with Crippen LogP contribution in [0.4, 0.5) is 0 Å². The summed E-state index contributed by atoms with van der Waals surface area (Å²) in [6.45, 7) is 4.16. The van der Waals surface area contributed by atoms with Crippen LogP contribution in [0.25, 0.3) is 0 Å². The Balaban J connectivity index is 2.16. The fraction of sp³-hybridized carbons (Fsp3) is 0.600. The van der Waals surface area contributed by atoms with Gasteiger partial charge < -0.3 is 5.32 Å². The van der Waals surface area contributed by atoms with E-state index >= 15 is 0 Å². The molecule has 2 rings (SSSR count). The fourth-order valence-electron chi connectivity index (χ4n) is 2.73. The lowest BCUT2D eigenvalue weighted by molar-refractivity contribution is 0.269. The lowest BCUT2D eigenvalue weighted by atomic mass is 9.96. The highest BCUT2D eigenvalue weighted by atomic mass is 32.2. The molecular weight excluding hydrogens is 272 g/mol. The molecular formula is C15H24N2O2S. The van der Waals surface area contributed by atoms with Gasteiger partial charge in [0.15, 0.2) is 0 Å². The Morgan fingerprint density at radius 1 is 1.30 bits per heavy atom. The van der Waals surface area contributed by atoms with E-state index in [4.69, 9.17) is 0 Å². The van der Waals surface area contributed by atoms with Crippen LogP contribution >= 0.6 is 0 Å². The first-order valence-electron chi connectivity index (χ1n) is 7.31. The first-order valence-corrected chi connectivity index (χ1v) is 8.75. The first kappa shape index (κ1) is 15.5. The van der Waals surface area contributed by atoms with E-state index < -0.39 is 10.0 Å². The molecule has 5 heteroatoms. The Hall–Kier alpha value is -0.910. The van der Waals surface area contributed by atoms with E-state index in [9.17, 15) is 8.42 Å². The second kappa shape index (κ2) is 6.70. The molecule has 1 aromatic carbocycles. The van der Waals surface area contributed by atoms with Gasteiger partial charge in [-0.3, -0.25) is 0 Å². The van der Waals surface area contributed by atoms with Crippen molar-refractivity contribution in [3.63, 3.8) is 0 Å². The largest absolute Gasteiger partial charge is 0.316 e. The highest BCUT2D eigenvalue weighted by Gasteiger charge is 2.28. The number of sulfonamides is 1. The number of hydrogen-bond donors (Lipinski definition) is 1. The predicted molar refractivity (Wildman–Crippen MR) is 81.0 cm³/mol. The van der Waals surface area contributed by atoms with E-state index in [1.54, 1.807) is 16.4 Å². The standard InChI is InChI=1S/C15H24N2O2S/c1-3-13-7-9-17(10-8-13)20(18,19)15-6-4-5-14(11-15)12-16-2/h4-6,11,13,16H,3,7-10,12H2,1-2H3. The third-order valence-corrected chi connectivity index (χ3v) is 5.96. The van der Waals surface area contributed by atoms with E-state index in [-0.39, 0.29) is 0 Å². The minimum atomic E-state index is -3.33. The summed E-state index contributed by atoms with van der Waals surface area (Å²) in [5.41, 5.74) is 0.997. The van der Waals surface area contributed by atoms with Crippen LogP contribution in [-0.2, 0) is 16.6 Å². The molecule has 1 saturated heterocycles. The second-order valence-electron chi connectivity index (χ2n) is 5.43. The van der Waals surface area contributed by atoms with Gasteiger partial charge in [-0.05, 0) is 43.5 Å². The zero-order valence-corrected chi connectivity index (χ0v) is 13.1. The SMILES string of the molecule is CCC1CCN(S(=O)(=O)c2cccc(CNC)c2)CC1. The van der Waals surface area contributed by atoms with Crippen molar-refractivity contribution in [2.45, 2.75) is 37.6 Å². The highest BCUT2D eigenvalue weighted by molar-refractivity contribution is 7.89. The van der Waals surface area contributed by atoms with Gasteiger partial charge in [0, 0.05) is 19.6 Å². The molecule has 1 fully saturated rings. The molecule has 1 heterocycles.